The van der Waals surface area contributed by atoms with E-state index in [-0.39, 0.29) is 18.8 Å². The highest BCUT2D eigenvalue weighted by atomic mass is 16.7. The lowest BCUT2D eigenvalue weighted by atomic mass is 10.1. The Bertz CT molecular complexity index is 766. The van der Waals surface area contributed by atoms with Gasteiger partial charge in [-0.3, -0.25) is 9.69 Å². The second-order valence-electron chi connectivity index (χ2n) is 6.39. The number of hydrogen-bond acceptors (Lipinski definition) is 5. The fourth-order valence-corrected chi connectivity index (χ4v) is 3.24. The van der Waals surface area contributed by atoms with Crippen molar-refractivity contribution in [2.45, 2.75) is 6.10 Å². The van der Waals surface area contributed by atoms with E-state index in [1.165, 1.54) is 5.56 Å². The number of morpholine rings is 1. The van der Waals surface area contributed by atoms with Crippen molar-refractivity contribution in [2.75, 3.05) is 39.6 Å². The first-order valence-electron chi connectivity index (χ1n) is 8.86. The lowest BCUT2D eigenvalue weighted by Gasteiger charge is -2.33. The molecule has 1 fully saturated rings. The standard InChI is InChI=1S/C20H22N2O4/c23-20(16-6-7-17-18(12-16)26-14-25-17)21-8-9-22-10-11-24-19(13-22)15-4-2-1-3-5-15/h1-7,12,19H,8-11,13-14H2,(H,21,23). The van der Waals surface area contributed by atoms with Crippen molar-refractivity contribution in [1.29, 1.82) is 0 Å². The van der Waals surface area contributed by atoms with Crippen molar-refractivity contribution in [2.24, 2.45) is 0 Å². The van der Waals surface area contributed by atoms with Crippen molar-refractivity contribution < 1.29 is 19.0 Å². The van der Waals surface area contributed by atoms with Crippen molar-refractivity contribution >= 4 is 5.91 Å². The number of benzene rings is 2. The summed E-state index contributed by atoms with van der Waals surface area (Å²) in [6.45, 7) is 4.01. The molecular formula is C20H22N2O4. The Morgan fingerprint density at radius 2 is 1.96 bits per heavy atom. The maximum Gasteiger partial charge on any atom is 0.251 e. The smallest absolute Gasteiger partial charge is 0.251 e. The molecule has 26 heavy (non-hydrogen) atoms. The second kappa shape index (κ2) is 7.76. The minimum absolute atomic E-state index is 0.0921. The number of nitrogens with one attached hydrogen (secondary N) is 1. The number of ether oxygens (including phenoxy) is 3. The molecule has 1 unspecified atom stereocenters. The van der Waals surface area contributed by atoms with Crippen LogP contribution in [0.1, 0.15) is 22.0 Å². The Labute approximate surface area is 152 Å². The molecule has 0 saturated carbocycles. The molecule has 1 saturated heterocycles. The van der Waals surface area contributed by atoms with Crippen LogP contribution in [0.4, 0.5) is 0 Å². The minimum atomic E-state index is -0.101. The van der Waals surface area contributed by atoms with Crippen LogP contribution in [0.5, 0.6) is 11.5 Å². The third kappa shape index (κ3) is 3.81. The van der Waals surface area contributed by atoms with Crippen LogP contribution in [0.25, 0.3) is 0 Å². The number of amides is 1. The summed E-state index contributed by atoms with van der Waals surface area (Å²) in [7, 11) is 0. The summed E-state index contributed by atoms with van der Waals surface area (Å²) in [4.78, 5) is 14.6. The molecule has 2 aromatic rings. The van der Waals surface area contributed by atoms with Gasteiger partial charge < -0.3 is 19.5 Å². The summed E-state index contributed by atoms with van der Waals surface area (Å²) < 4.78 is 16.5. The summed E-state index contributed by atoms with van der Waals surface area (Å²) in [6, 6.07) is 15.5. The maximum atomic E-state index is 12.3. The zero-order valence-corrected chi connectivity index (χ0v) is 14.5. The first-order valence-corrected chi connectivity index (χ1v) is 8.86. The van der Waals surface area contributed by atoms with Crippen LogP contribution in [0.2, 0.25) is 0 Å². The van der Waals surface area contributed by atoms with Crippen LogP contribution in [-0.2, 0) is 4.74 Å². The zero-order valence-electron chi connectivity index (χ0n) is 14.5. The van der Waals surface area contributed by atoms with Crippen LogP contribution in [-0.4, -0.2) is 50.4 Å². The van der Waals surface area contributed by atoms with E-state index in [1.807, 2.05) is 18.2 Å². The van der Waals surface area contributed by atoms with E-state index in [0.717, 1.165) is 19.6 Å². The van der Waals surface area contributed by atoms with Gasteiger partial charge in [0.15, 0.2) is 11.5 Å². The fraction of sp³-hybridized carbons (Fsp3) is 0.350. The van der Waals surface area contributed by atoms with Gasteiger partial charge in [0.1, 0.15) is 0 Å². The van der Waals surface area contributed by atoms with Crippen molar-refractivity contribution in [3.8, 4) is 11.5 Å². The number of nitrogens with zero attached hydrogens (tertiary/aromatic N) is 1. The molecule has 0 spiro atoms. The minimum Gasteiger partial charge on any atom is -0.454 e. The first kappa shape index (κ1) is 16.9. The second-order valence-corrected chi connectivity index (χ2v) is 6.39. The summed E-state index contributed by atoms with van der Waals surface area (Å²) in [6.07, 6.45) is 0.0921. The molecule has 4 rings (SSSR count). The first-order chi connectivity index (χ1) is 12.8. The highest BCUT2D eigenvalue weighted by Crippen LogP contribution is 2.32. The topological polar surface area (TPSA) is 60.0 Å². The van der Waals surface area contributed by atoms with E-state index in [9.17, 15) is 4.79 Å². The number of carbonyl (C=O) groups excluding carboxylic acids is 1. The Kier molecular flexibility index (Phi) is 5.04. The Morgan fingerprint density at radius 1 is 1.12 bits per heavy atom. The highest BCUT2D eigenvalue weighted by Gasteiger charge is 2.22. The van der Waals surface area contributed by atoms with Crippen molar-refractivity contribution in [3.63, 3.8) is 0 Å². The summed E-state index contributed by atoms with van der Waals surface area (Å²) in [5, 5.41) is 2.97. The monoisotopic (exact) mass is 354 g/mol. The molecule has 6 nitrogen and oxygen atoms in total. The lowest BCUT2D eigenvalue weighted by molar-refractivity contribution is -0.0293. The van der Waals surface area contributed by atoms with E-state index in [4.69, 9.17) is 14.2 Å². The molecule has 2 aliphatic heterocycles. The maximum absolute atomic E-state index is 12.3. The van der Waals surface area contributed by atoms with Crippen molar-refractivity contribution in [3.05, 3.63) is 59.7 Å². The van der Waals surface area contributed by atoms with Gasteiger partial charge in [-0.1, -0.05) is 30.3 Å². The van der Waals surface area contributed by atoms with Gasteiger partial charge in [-0.2, -0.15) is 0 Å². The Hall–Kier alpha value is -2.57. The fourth-order valence-electron chi connectivity index (χ4n) is 3.24. The number of carbonyl (C=O) groups is 1. The van der Waals surface area contributed by atoms with Crippen LogP contribution in [0.15, 0.2) is 48.5 Å². The molecule has 0 aliphatic carbocycles. The predicted octanol–water partition coefficient (Wildman–Crippen LogP) is 2.22. The summed E-state index contributed by atoms with van der Waals surface area (Å²) in [5.41, 5.74) is 1.78. The molecule has 1 amide bonds. The third-order valence-electron chi connectivity index (χ3n) is 4.67. The van der Waals surface area contributed by atoms with Crippen LogP contribution < -0.4 is 14.8 Å². The zero-order chi connectivity index (χ0) is 17.8. The van der Waals surface area contributed by atoms with Gasteiger partial charge in [0, 0.05) is 31.7 Å². The summed E-state index contributed by atoms with van der Waals surface area (Å²) >= 11 is 0. The Balaban J connectivity index is 1.27. The van der Waals surface area contributed by atoms with Gasteiger partial charge in [0.05, 0.1) is 12.7 Å². The van der Waals surface area contributed by atoms with Crippen molar-refractivity contribution in [1.82, 2.24) is 10.2 Å². The normalized spacial score (nSPS) is 19.3. The van der Waals surface area contributed by atoms with E-state index < -0.39 is 0 Å². The summed E-state index contributed by atoms with van der Waals surface area (Å²) in [5.74, 6) is 1.20. The average molecular weight is 354 g/mol. The molecule has 0 bridgehead atoms. The number of fused-ring (bicyclic) bond motifs is 1. The SMILES string of the molecule is O=C(NCCN1CCOC(c2ccccc2)C1)c1ccc2c(c1)OCO2. The third-order valence-corrected chi connectivity index (χ3v) is 4.67. The van der Waals surface area contributed by atoms with E-state index in [2.05, 4.69) is 22.3 Å². The van der Waals surface area contributed by atoms with E-state index in [1.54, 1.807) is 18.2 Å². The van der Waals surface area contributed by atoms with Gasteiger partial charge in [-0.25, -0.2) is 0 Å². The molecule has 0 aromatic heterocycles. The molecule has 136 valence electrons. The number of rotatable bonds is 5. The quantitative estimate of drug-likeness (QED) is 0.892. The van der Waals surface area contributed by atoms with Crippen LogP contribution >= 0.6 is 0 Å². The molecule has 2 heterocycles. The van der Waals surface area contributed by atoms with Gasteiger partial charge in [0.2, 0.25) is 6.79 Å². The Morgan fingerprint density at radius 3 is 2.85 bits per heavy atom. The molecule has 1 atom stereocenters. The van der Waals surface area contributed by atoms with Gasteiger partial charge in [0.25, 0.3) is 5.91 Å². The molecule has 2 aliphatic rings. The lowest BCUT2D eigenvalue weighted by Crippen LogP contribution is -2.42. The molecule has 6 heteroatoms. The van der Waals surface area contributed by atoms with Gasteiger partial charge in [-0.15, -0.1) is 0 Å². The van der Waals surface area contributed by atoms with Crippen LogP contribution in [0.3, 0.4) is 0 Å². The van der Waals surface area contributed by atoms with Crippen LogP contribution in [0, 0.1) is 0 Å². The largest absolute Gasteiger partial charge is 0.454 e. The predicted molar refractivity (Wildman–Crippen MR) is 96.5 cm³/mol. The van der Waals surface area contributed by atoms with E-state index >= 15 is 0 Å². The van der Waals surface area contributed by atoms with Gasteiger partial charge in [-0.05, 0) is 23.8 Å². The molecular weight excluding hydrogens is 332 g/mol. The average Bonchev–Trinajstić information content (AvgIpc) is 3.17. The highest BCUT2D eigenvalue weighted by molar-refractivity contribution is 5.94. The number of hydrogen-bond donors (Lipinski definition) is 1. The van der Waals surface area contributed by atoms with E-state index in [0.29, 0.717) is 30.2 Å². The van der Waals surface area contributed by atoms with Gasteiger partial charge >= 0.3 is 0 Å². The molecule has 1 N–H and O–H groups in total. The molecule has 0 radical (unpaired) electrons. The molecule has 2 aromatic carbocycles.